The summed E-state index contributed by atoms with van der Waals surface area (Å²) in [5, 5.41) is 0. The van der Waals surface area contributed by atoms with Crippen molar-refractivity contribution in [2.45, 2.75) is 24.2 Å². The summed E-state index contributed by atoms with van der Waals surface area (Å²) >= 11 is -0.536. The average Bonchev–Trinajstić information content (AvgIpc) is 1.61. The molecule has 0 aromatic rings. The zero-order valence-corrected chi connectivity index (χ0v) is 6.31. The first-order valence-corrected chi connectivity index (χ1v) is 4.87. The van der Waals surface area contributed by atoms with Crippen molar-refractivity contribution in [2.75, 3.05) is 0 Å². The minimum absolute atomic E-state index is 0.536. The number of hydrogen-bond acceptors (Lipinski definition) is 1. The zero-order chi connectivity index (χ0) is 4.83. The van der Waals surface area contributed by atoms with Crippen LogP contribution < -0.4 is 0 Å². The number of rotatable bonds is 3. The molecule has 0 aliphatic rings. The molecule has 6 heavy (non-hydrogen) atoms. The fourth-order valence-corrected chi connectivity index (χ4v) is 1.40. The Labute approximate surface area is 49.4 Å². The first kappa shape index (κ1) is 6.75. The van der Waals surface area contributed by atoms with Crippen molar-refractivity contribution in [3.8, 4) is 0 Å². The van der Waals surface area contributed by atoms with E-state index in [1.165, 1.54) is 12.8 Å². The molecule has 0 atom stereocenters. The summed E-state index contributed by atoms with van der Waals surface area (Å²) in [6, 6.07) is 0. The van der Waals surface area contributed by atoms with Crippen molar-refractivity contribution in [3.63, 3.8) is 0 Å². The predicted octanol–water partition coefficient (Wildman–Crippen LogP) is 0.816. The van der Waals surface area contributed by atoms with Crippen LogP contribution in [0.1, 0.15) is 19.8 Å². The van der Waals surface area contributed by atoms with Crippen LogP contribution in [0.3, 0.4) is 0 Å². The topological polar surface area (TPSA) is 20.2 Å². The van der Waals surface area contributed by atoms with E-state index in [1.807, 2.05) is 0 Å². The Bertz CT molecular complexity index is 19.5. The van der Waals surface area contributed by atoms with Crippen molar-refractivity contribution in [3.05, 3.63) is 0 Å². The normalized spacial score (nSPS) is 9.00. The van der Waals surface area contributed by atoms with E-state index in [1.54, 1.807) is 0 Å². The van der Waals surface area contributed by atoms with Gasteiger partial charge in [0, 0.05) is 0 Å². The molecule has 0 heterocycles. The molecule has 2 heteroatoms. The van der Waals surface area contributed by atoms with E-state index in [9.17, 15) is 0 Å². The summed E-state index contributed by atoms with van der Waals surface area (Å²) in [4.78, 5) is 0. The van der Waals surface area contributed by atoms with Gasteiger partial charge in [0.2, 0.25) is 0 Å². The Kier molecular flexibility index (Phi) is 6.47. The molecule has 0 aromatic heterocycles. The van der Waals surface area contributed by atoms with Crippen molar-refractivity contribution >= 4 is 21.3 Å². The van der Waals surface area contributed by atoms with Gasteiger partial charge in [0.1, 0.15) is 0 Å². The molecule has 1 nitrogen and oxygen atoms in total. The second-order valence-electron chi connectivity index (χ2n) is 1.19. The quantitative estimate of drug-likeness (QED) is 0.530. The molecule has 38 valence electrons. The maximum atomic E-state index is 8.33. The van der Waals surface area contributed by atoms with Gasteiger partial charge in [-0.1, -0.05) is 0 Å². The van der Waals surface area contributed by atoms with Gasteiger partial charge in [-0.3, -0.25) is 0 Å². The summed E-state index contributed by atoms with van der Waals surface area (Å²) in [6.45, 7) is 2.14. The second-order valence-corrected chi connectivity index (χ2v) is 3.09. The van der Waals surface area contributed by atoms with Gasteiger partial charge in [0.15, 0.2) is 0 Å². The summed E-state index contributed by atoms with van der Waals surface area (Å²) in [5.74, 6) is 0. The van der Waals surface area contributed by atoms with Gasteiger partial charge < -0.3 is 0 Å². The Morgan fingerprint density at radius 2 is 2.33 bits per heavy atom. The van der Waals surface area contributed by atoms with E-state index < -0.39 is 21.3 Å². The van der Waals surface area contributed by atoms with Crippen LogP contribution in [-0.4, -0.2) is 24.8 Å². The second kappa shape index (κ2) is 5.75. The Hall–Kier alpha value is 0.750. The van der Waals surface area contributed by atoms with Gasteiger partial charge in [-0.2, -0.15) is 0 Å². The van der Waals surface area contributed by atoms with Crippen LogP contribution in [0.4, 0.5) is 0 Å². The van der Waals surface area contributed by atoms with E-state index in [0.29, 0.717) is 0 Å². The number of hydrogen-bond donors (Lipinski definition) is 1. The Morgan fingerprint density at radius 3 is 2.50 bits per heavy atom. The molecule has 0 unspecified atom stereocenters. The molecule has 0 spiro atoms. The molecule has 0 bridgehead atoms. The van der Waals surface area contributed by atoms with Gasteiger partial charge in [-0.05, 0) is 0 Å². The van der Waals surface area contributed by atoms with E-state index in [2.05, 4.69) is 6.92 Å². The van der Waals surface area contributed by atoms with Crippen LogP contribution in [0.15, 0.2) is 0 Å². The van der Waals surface area contributed by atoms with Gasteiger partial charge >= 0.3 is 49.0 Å². The fraction of sp³-hybridized carbons (Fsp3) is 1.00. The third-order valence-corrected chi connectivity index (χ3v) is 1.93. The molecule has 0 saturated carbocycles. The summed E-state index contributed by atoms with van der Waals surface area (Å²) in [5.41, 5.74) is 0. The monoisotopic (exact) mass is 204 g/mol. The van der Waals surface area contributed by atoms with Crippen LogP contribution in [0, 0.1) is 0 Å². The van der Waals surface area contributed by atoms with Crippen LogP contribution in [-0.2, 0) is 0 Å². The first-order valence-electron chi connectivity index (χ1n) is 2.18. The van der Waals surface area contributed by atoms with Gasteiger partial charge in [-0.25, -0.2) is 0 Å². The van der Waals surface area contributed by atoms with Crippen LogP contribution in [0.25, 0.3) is 0 Å². The molecule has 0 rings (SSSR count). The molecule has 0 aliphatic heterocycles. The fourth-order valence-electron chi connectivity index (χ4n) is 0.209. The number of unbranched alkanes of at least 4 members (excludes halogenated alkanes) is 1. The summed E-state index contributed by atoms with van der Waals surface area (Å²) in [6.07, 6.45) is 2.45. The molecule has 0 fully saturated rings. The van der Waals surface area contributed by atoms with E-state index in [-0.39, 0.29) is 0 Å². The van der Waals surface area contributed by atoms with Gasteiger partial charge in [0.25, 0.3) is 0 Å². The maximum absolute atomic E-state index is 8.33. The zero-order valence-electron chi connectivity index (χ0n) is 3.98. The van der Waals surface area contributed by atoms with Crippen molar-refractivity contribution in [2.24, 2.45) is 0 Å². The van der Waals surface area contributed by atoms with Crippen molar-refractivity contribution in [1.29, 1.82) is 0 Å². The van der Waals surface area contributed by atoms with E-state index >= 15 is 0 Å². The van der Waals surface area contributed by atoms with Crippen LogP contribution in [0.5, 0.6) is 0 Å². The predicted molar refractivity (Wildman–Crippen MR) is 27.7 cm³/mol. The first-order chi connectivity index (χ1) is 2.91. The summed E-state index contributed by atoms with van der Waals surface area (Å²) in [7, 11) is 0. The van der Waals surface area contributed by atoms with E-state index in [4.69, 9.17) is 3.47 Å². The molecule has 0 radical (unpaired) electrons. The summed E-state index contributed by atoms with van der Waals surface area (Å²) < 4.78 is 9.43. The van der Waals surface area contributed by atoms with E-state index in [0.717, 1.165) is 4.47 Å². The van der Waals surface area contributed by atoms with Crippen molar-refractivity contribution in [1.82, 2.24) is 0 Å². The molecule has 0 aliphatic carbocycles. The molecule has 0 aromatic carbocycles. The third-order valence-electron chi connectivity index (χ3n) is 0.589. The van der Waals surface area contributed by atoms with Crippen LogP contribution >= 0.6 is 0 Å². The SMILES string of the molecule is CCCC[Te]O. The minimum atomic E-state index is -0.536. The molecular formula is C4H10OTe. The average molecular weight is 202 g/mol. The Balaban J connectivity index is 2.34. The van der Waals surface area contributed by atoms with Crippen LogP contribution in [0.2, 0.25) is 4.47 Å². The van der Waals surface area contributed by atoms with Gasteiger partial charge in [-0.15, -0.1) is 0 Å². The molecular weight excluding hydrogens is 192 g/mol. The molecule has 0 saturated heterocycles. The molecule has 0 amide bonds. The third kappa shape index (κ3) is 4.75. The molecule has 1 N–H and O–H groups in total. The van der Waals surface area contributed by atoms with Crippen molar-refractivity contribution < 1.29 is 3.47 Å². The standard InChI is InChI=1S/C4H10OTe/c1-2-3-4-6-5/h5H,2-4H2,1H3. The Morgan fingerprint density at radius 1 is 1.67 bits per heavy atom. The van der Waals surface area contributed by atoms with Gasteiger partial charge in [0.05, 0.1) is 0 Å².